The van der Waals surface area contributed by atoms with Crippen molar-refractivity contribution in [3.05, 3.63) is 59.1 Å². The monoisotopic (exact) mass is 411 g/mol. The number of carbonyl (C=O) groups is 1. The first-order valence-corrected chi connectivity index (χ1v) is 10.3. The van der Waals surface area contributed by atoms with Crippen molar-refractivity contribution in [1.82, 2.24) is 19.2 Å². The fourth-order valence-corrected chi connectivity index (χ4v) is 4.19. The number of likely N-dealkylation sites (tertiary alicyclic amines) is 1. The van der Waals surface area contributed by atoms with Crippen LogP contribution < -0.4 is 5.73 Å². The van der Waals surface area contributed by atoms with Crippen LogP contribution in [0.4, 0.5) is 0 Å². The molecule has 1 aliphatic heterocycles. The zero-order valence-corrected chi connectivity index (χ0v) is 17.1. The largest absolute Gasteiger partial charge is 0.461 e. The molecule has 1 unspecified atom stereocenters. The molecule has 29 heavy (non-hydrogen) atoms. The maximum atomic E-state index is 11.3. The van der Waals surface area contributed by atoms with E-state index in [0.29, 0.717) is 35.6 Å². The Morgan fingerprint density at radius 1 is 1.24 bits per heavy atom. The van der Waals surface area contributed by atoms with E-state index in [1.165, 1.54) is 5.56 Å². The highest BCUT2D eigenvalue weighted by molar-refractivity contribution is 7.71. The Morgan fingerprint density at radius 3 is 2.79 bits per heavy atom. The topological polar surface area (TPSA) is 82.2 Å². The Balaban J connectivity index is 1.57. The molecule has 0 radical (unpaired) electrons. The van der Waals surface area contributed by atoms with E-state index < -0.39 is 0 Å². The summed E-state index contributed by atoms with van der Waals surface area (Å²) in [4.78, 5) is 13.7. The predicted molar refractivity (Wildman–Crippen MR) is 112 cm³/mol. The number of primary amides is 1. The summed E-state index contributed by atoms with van der Waals surface area (Å²) in [5.41, 5.74) is 6.69. The highest BCUT2D eigenvalue weighted by Crippen LogP contribution is 2.24. The molecule has 1 fully saturated rings. The third kappa shape index (κ3) is 4.49. The summed E-state index contributed by atoms with van der Waals surface area (Å²) in [5, 5.41) is 4.72. The summed E-state index contributed by atoms with van der Waals surface area (Å²) in [7, 11) is 0. The quantitative estimate of drug-likeness (QED) is 0.576. The molecule has 1 aromatic carbocycles. The van der Waals surface area contributed by atoms with E-state index in [2.05, 4.69) is 29.2 Å². The zero-order chi connectivity index (χ0) is 20.2. The van der Waals surface area contributed by atoms with Crippen molar-refractivity contribution < 1.29 is 9.21 Å². The van der Waals surface area contributed by atoms with Crippen LogP contribution in [0.25, 0.3) is 11.6 Å². The number of benzene rings is 1. The maximum absolute atomic E-state index is 11.3. The van der Waals surface area contributed by atoms with Gasteiger partial charge in [0, 0.05) is 25.6 Å². The molecular weight excluding hydrogens is 386 g/mol. The van der Waals surface area contributed by atoms with Crippen molar-refractivity contribution in [3.63, 3.8) is 0 Å². The van der Waals surface area contributed by atoms with Gasteiger partial charge in [-0.3, -0.25) is 14.3 Å². The summed E-state index contributed by atoms with van der Waals surface area (Å²) in [5.74, 6) is 0.883. The smallest absolute Gasteiger partial charge is 0.219 e. The molecular formula is C21H25N5O2S. The number of hydrogen-bond donors (Lipinski definition) is 1. The molecule has 152 valence electrons. The minimum Gasteiger partial charge on any atom is -0.461 e. The molecule has 0 bridgehead atoms. The average molecular weight is 412 g/mol. The predicted octanol–water partition coefficient (Wildman–Crippen LogP) is 3.21. The molecule has 8 heteroatoms. The molecule has 0 spiro atoms. The van der Waals surface area contributed by atoms with Crippen LogP contribution in [-0.2, 0) is 24.4 Å². The van der Waals surface area contributed by atoms with Crippen LogP contribution in [0.2, 0.25) is 0 Å². The number of rotatable bonds is 8. The Morgan fingerprint density at radius 2 is 2.07 bits per heavy atom. The number of carbonyl (C=O) groups excluding carboxylic acids is 1. The lowest BCUT2D eigenvalue weighted by Crippen LogP contribution is -2.33. The average Bonchev–Trinajstić information content (AvgIpc) is 3.44. The van der Waals surface area contributed by atoms with Crippen LogP contribution in [0.5, 0.6) is 0 Å². The van der Waals surface area contributed by atoms with E-state index >= 15 is 0 Å². The lowest BCUT2D eigenvalue weighted by molar-refractivity contribution is -0.118. The van der Waals surface area contributed by atoms with Crippen LogP contribution >= 0.6 is 12.2 Å². The lowest BCUT2D eigenvalue weighted by atomic mass is 10.0. The van der Waals surface area contributed by atoms with Crippen LogP contribution in [0.3, 0.4) is 0 Å². The molecule has 1 amide bonds. The second kappa shape index (κ2) is 8.75. The summed E-state index contributed by atoms with van der Waals surface area (Å²) < 4.78 is 9.77. The van der Waals surface area contributed by atoms with Gasteiger partial charge in [-0.25, -0.2) is 4.68 Å². The van der Waals surface area contributed by atoms with Crippen LogP contribution in [0, 0.1) is 4.77 Å². The third-order valence-electron chi connectivity index (χ3n) is 5.38. The number of hydrogen-bond acceptors (Lipinski definition) is 5. The molecule has 3 aromatic rings. The van der Waals surface area contributed by atoms with E-state index in [0.717, 1.165) is 25.8 Å². The minimum absolute atomic E-state index is 0.202. The second-order valence-electron chi connectivity index (χ2n) is 7.39. The van der Waals surface area contributed by atoms with E-state index in [9.17, 15) is 4.79 Å². The van der Waals surface area contributed by atoms with Gasteiger partial charge in [0.1, 0.15) is 0 Å². The molecule has 3 heterocycles. The fourth-order valence-electron chi connectivity index (χ4n) is 3.92. The van der Waals surface area contributed by atoms with Gasteiger partial charge in [-0.15, -0.1) is 5.10 Å². The van der Waals surface area contributed by atoms with Gasteiger partial charge in [-0.1, -0.05) is 30.3 Å². The van der Waals surface area contributed by atoms with Crippen molar-refractivity contribution in [1.29, 1.82) is 0 Å². The molecule has 1 aliphatic rings. The fraction of sp³-hybridized carbons (Fsp3) is 0.381. The van der Waals surface area contributed by atoms with Crippen LogP contribution in [0.15, 0.2) is 53.1 Å². The first kappa shape index (κ1) is 19.6. The van der Waals surface area contributed by atoms with Gasteiger partial charge >= 0.3 is 0 Å². The van der Waals surface area contributed by atoms with Gasteiger partial charge in [0.25, 0.3) is 0 Å². The molecule has 7 nitrogen and oxygen atoms in total. The van der Waals surface area contributed by atoms with Gasteiger partial charge in [-0.05, 0) is 49.2 Å². The molecule has 0 aliphatic carbocycles. The third-order valence-corrected chi connectivity index (χ3v) is 5.81. The van der Waals surface area contributed by atoms with Gasteiger partial charge in [-0.2, -0.15) is 0 Å². The number of aromatic nitrogens is 3. The van der Waals surface area contributed by atoms with Gasteiger partial charge in [0.15, 0.2) is 16.4 Å². The SMILES string of the molecule is NC(=O)CCn1c(-c2ccco2)nn(CN2CCCC2Cc2ccccc2)c1=S. The van der Waals surface area contributed by atoms with E-state index in [-0.39, 0.29) is 12.3 Å². The Labute approximate surface area is 174 Å². The van der Waals surface area contributed by atoms with Gasteiger partial charge in [0.05, 0.1) is 12.9 Å². The molecule has 1 saturated heterocycles. The first-order valence-electron chi connectivity index (χ1n) is 9.89. The van der Waals surface area contributed by atoms with Crippen molar-refractivity contribution in [2.45, 2.75) is 44.9 Å². The molecule has 1 atom stereocenters. The number of furan rings is 1. The summed E-state index contributed by atoms with van der Waals surface area (Å²) in [6.45, 7) is 2.02. The zero-order valence-electron chi connectivity index (χ0n) is 16.2. The highest BCUT2D eigenvalue weighted by atomic mass is 32.1. The summed E-state index contributed by atoms with van der Waals surface area (Å²) >= 11 is 5.68. The standard InChI is InChI=1S/C21H25N5O2S/c22-19(27)10-12-25-20(18-9-5-13-28-18)23-26(21(25)29)15-24-11-4-8-17(24)14-16-6-2-1-3-7-16/h1-3,5-7,9,13,17H,4,8,10-12,14-15H2,(H2,22,27). The summed E-state index contributed by atoms with van der Waals surface area (Å²) in [6.07, 6.45) is 5.15. The molecule has 4 rings (SSSR count). The molecule has 2 N–H and O–H groups in total. The Kier molecular flexibility index (Phi) is 5.92. The normalized spacial score (nSPS) is 17.0. The minimum atomic E-state index is -0.368. The maximum Gasteiger partial charge on any atom is 0.219 e. The van der Waals surface area contributed by atoms with Gasteiger partial charge < -0.3 is 10.2 Å². The van der Waals surface area contributed by atoms with E-state index in [4.69, 9.17) is 27.5 Å². The highest BCUT2D eigenvalue weighted by Gasteiger charge is 2.26. The number of nitrogens with zero attached hydrogens (tertiary/aromatic N) is 4. The number of nitrogens with two attached hydrogens (primary N) is 1. The van der Waals surface area contributed by atoms with Crippen LogP contribution in [-0.4, -0.2) is 37.7 Å². The van der Waals surface area contributed by atoms with E-state index in [1.54, 1.807) is 6.26 Å². The molecule has 2 aromatic heterocycles. The van der Waals surface area contributed by atoms with Crippen molar-refractivity contribution in [2.24, 2.45) is 5.73 Å². The summed E-state index contributed by atoms with van der Waals surface area (Å²) in [6, 6.07) is 14.7. The first-order chi connectivity index (χ1) is 14.1. The molecule has 0 saturated carbocycles. The number of amides is 1. The van der Waals surface area contributed by atoms with Crippen molar-refractivity contribution in [3.8, 4) is 11.6 Å². The van der Waals surface area contributed by atoms with Gasteiger partial charge in [0.2, 0.25) is 5.91 Å². The Hall–Kier alpha value is -2.71. The Bertz CT molecular complexity index is 1010. The van der Waals surface area contributed by atoms with Crippen LogP contribution in [0.1, 0.15) is 24.8 Å². The lowest BCUT2D eigenvalue weighted by Gasteiger charge is -2.24. The van der Waals surface area contributed by atoms with E-state index in [1.807, 2.05) is 27.4 Å². The second-order valence-corrected chi connectivity index (χ2v) is 7.76. The van der Waals surface area contributed by atoms with Crippen molar-refractivity contribution >= 4 is 18.1 Å². The van der Waals surface area contributed by atoms with Crippen molar-refractivity contribution in [2.75, 3.05) is 6.54 Å².